The van der Waals surface area contributed by atoms with Gasteiger partial charge in [-0.3, -0.25) is 0 Å². The predicted molar refractivity (Wildman–Crippen MR) is 74.3 cm³/mol. The lowest BCUT2D eigenvalue weighted by molar-refractivity contribution is 0.589. The van der Waals surface area contributed by atoms with Crippen molar-refractivity contribution in [1.29, 1.82) is 5.26 Å². The van der Waals surface area contributed by atoms with Gasteiger partial charge < -0.3 is 5.32 Å². The number of nitrogens with one attached hydrogen (secondary N) is 2. The molecule has 0 aliphatic carbocycles. The summed E-state index contributed by atoms with van der Waals surface area (Å²) >= 11 is 1.50. The normalized spacial score (nSPS) is 10.9. The second-order valence-corrected chi connectivity index (χ2v) is 6.27. The molecule has 0 aliphatic rings. The molecule has 0 fully saturated rings. The van der Waals surface area contributed by atoms with Crippen molar-refractivity contribution in [2.45, 2.75) is 4.90 Å². The molecule has 1 aromatic carbocycles. The van der Waals surface area contributed by atoms with Gasteiger partial charge in [0, 0.05) is 18.0 Å². The van der Waals surface area contributed by atoms with Crippen molar-refractivity contribution in [3.8, 4) is 6.07 Å². The van der Waals surface area contributed by atoms with Gasteiger partial charge >= 0.3 is 0 Å². The van der Waals surface area contributed by atoms with Crippen molar-refractivity contribution >= 4 is 27.5 Å². The Balaban J connectivity index is 2.66. The second kappa shape index (κ2) is 6.64. The lowest BCUT2D eigenvalue weighted by Crippen LogP contribution is -2.27. The van der Waals surface area contributed by atoms with E-state index in [1.54, 1.807) is 6.07 Å². The van der Waals surface area contributed by atoms with E-state index in [0.717, 1.165) is 16.8 Å². The highest BCUT2D eigenvalue weighted by molar-refractivity contribution is 7.98. The molecule has 1 aromatic rings. The number of nitriles is 1. The molecule has 0 bridgehead atoms. The number of anilines is 1. The van der Waals surface area contributed by atoms with Crippen molar-refractivity contribution in [2.75, 3.05) is 30.9 Å². The Morgan fingerprint density at radius 2 is 2.11 bits per heavy atom. The molecule has 7 heteroatoms. The highest BCUT2D eigenvalue weighted by atomic mass is 32.2. The van der Waals surface area contributed by atoms with Gasteiger partial charge in [0.25, 0.3) is 0 Å². The van der Waals surface area contributed by atoms with Crippen molar-refractivity contribution in [3.63, 3.8) is 0 Å². The van der Waals surface area contributed by atoms with Crippen LogP contribution in [0, 0.1) is 11.3 Å². The molecule has 0 unspecified atom stereocenters. The van der Waals surface area contributed by atoms with Gasteiger partial charge in [-0.15, -0.1) is 11.8 Å². The molecule has 2 N–H and O–H groups in total. The average Bonchev–Trinajstić information content (AvgIpc) is 2.32. The Hall–Kier alpha value is -1.23. The molecular weight excluding hydrogens is 270 g/mol. The molecule has 18 heavy (non-hydrogen) atoms. The first-order valence-electron chi connectivity index (χ1n) is 5.23. The average molecular weight is 285 g/mol. The summed E-state index contributed by atoms with van der Waals surface area (Å²) in [6.45, 7) is 0.715. The van der Waals surface area contributed by atoms with Gasteiger partial charge in [0.15, 0.2) is 0 Å². The molecule has 0 amide bonds. The molecule has 0 radical (unpaired) electrons. The monoisotopic (exact) mass is 285 g/mol. The fourth-order valence-electron chi connectivity index (χ4n) is 1.40. The fourth-order valence-corrected chi connectivity index (χ4v) is 2.44. The molecule has 5 nitrogen and oxygen atoms in total. The number of sulfonamides is 1. The maximum absolute atomic E-state index is 10.9. The molecule has 0 heterocycles. The number of benzene rings is 1. The third-order valence-corrected chi connectivity index (χ3v) is 3.67. The van der Waals surface area contributed by atoms with Gasteiger partial charge in [0.2, 0.25) is 10.0 Å². The van der Waals surface area contributed by atoms with E-state index in [4.69, 9.17) is 5.26 Å². The predicted octanol–water partition coefficient (Wildman–Crippen LogP) is 1.24. The summed E-state index contributed by atoms with van der Waals surface area (Å²) in [6.07, 6.45) is 3.02. The highest BCUT2D eigenvalue weighted by Gasteiger charge is 2.06. The largest absolute Gasteiger partial charge is 0.383 e. The van der Waals surface area contributed by atoms with E-state index in [0.29, 0.717) is 12.1 Å². The zero-order chi connectivity index (χ0) is 13.6. The summed E-state index contributed by atoms with van der Waals surface area (Å²) in [5.41, 5.74) is 1.31. The maximum atomic E-state index is 10.9. The Kier molecular flexibility index (Phi) is 5.47. The molecule has 0 aliphatic heterocycles. The van der Waals surface area contributed by atoms with Crippen LogP contribution in [0.25, 0.3) is 0 Å². The van der Waals surface area contributed by atoms with Crippen molar-refractivity contribution < 1.29 is 8.42 Å². The summed E-state index contributed by atoms with van der Waals surface area (Å²) in [5.74, 6) is 0. The van der Waals surface area contributed by atoms with Gasteiger partial charge in [-0.2, -0.15) is 5.26 Å². The molecule has 0 aromatic heterocycles. The Labute approximate surface area is 112 Å². The Morgan fingerprint density at radius 1 is 1.39 bits per heavy atom. The summed E-state index contributed by atoms with van der Waals surface area (Å²) in [7, 11) is -3.17. The smallest absolute Gasteiger partial charge is 0.208 e. The standard InChI is InChI=1S/C11H15N3O2S2/c1-17-11-5-3-4-10(9(11)8-12)13-6-7-14-18(2,15)16/h3-5,13-14H,6-7H2,1-2H3. The minimum absolute atomic E-state index is 0.285. The zero-order valence-electron chi connectivity index (χ0n) is 10.2. The number of hydrogen-bond donors (Lipinski definition) is 2. The first-order chi connectivity index (χ1) is 8.48. The number of rotatable bonds is 6. The number of nitrogens with zero attached hydrogens (tertiary/aromatic N) is 1. The molecular formula is C11H15N3O2S2. The van der Waals surface area contributed by atoms with Crippen LogP contribution >= 0.6 is 11.8 Å². The molecule has 0 saturated carbocycles. The van der Waals surface area contributed by atoms with E-state index in [1.165, 1.54) is 11.8 Å². The lowest BCUT2D eigenvalue weighted by Gasteiger charge is -2.10. The quantitative estimate of drug-likeness (QED) is 0.607. The van der Waals surface area contributed by atoms with E-state index in [1.807, 2.05) is 18.4 Å². The molecule has 98 valence electrons. The van der Waals surface area contributed by atoms with Crippen molar-refractivity contribution in [3.05, 3.63) is 23.8 Å². The van der Waals surface area contributed by atoms with Crippen LogP contribution in [0.5, 0.6) is 0 Å². The molecule has 0 saturated heterocycles. The van der Waals surface area contributed by atoms with Gasteiger partial charge in [-0.05, 0) is 18.4 Å². The minimum Gasteiger partial charge on any atom is -0.383 e. The summed E-state index contributed by atoms with van der Waals surface area (Å²) in [5, 5.41) is 12.2. The van der Waals surface area contributed by atoms with Crippen LogP contribution in [-0.4, -0.2) is 34.0 Å². The van der Waals surface area contributed by atoms with Gasteiger partial charge in [0.05, 0.1) is 17.5 Å². The van der Waals surface area contributed by atoms with Crippen LogP contribution < -0.4 is 10.0 Å². The van der Waals surface area contributed by atoms with Crippen LogP contribution in [0.4, 0.5) is 5.69 Å². The van der Waals surface area contributed by atoms with E-state index in [9.17, 15) is 8.42 Å². The minimum atomic E-state index is -3.17. The van der Waals surface area contributed by atoms with Crippen LogP contribution in [0.3, 0.4) is 0 Å². The van der Waals surface area contributed by atoms with Crippen molar-refractivity contribution in [1.82, 2.24) is 4.72 Å². The molecule has 1 rings (SSSR count). The first-order valence-corrected chi connectivity index (χ1v) is 8.35. The number of thioether (sulfide) groups is 1. The van der Waals surface area contributed by atoms with E-state index >= 15 is 0 Å². The second-order valence-electron chi connectivity index (χ2n) is 3.59. The fraction of sp³-hybridized carbons (Fsp3) is 0.364. The van der Waals surface area contributed by atoms with Gasteiger partial charge in [0.1, 0.15) is 6.07 Å². The SMILES string of the molecule is CSc1cccc(NCCNS(C)(=O)=O)c1C#N. The third-order valence-electron chi connectivity index (χ3n) is 2.16. The summed E-state index contributed by atoms with van der Waals surface area (Å²) in [6, 6.07) is 7.69. The van der Waals surface area contributed by atoms with E-state index in [2.05, 4.69) is 16.1 Å². The first kappa shape index (κ1) is 14.8. The molecule has 0 atom stereocenters. The van der Waals surface area contributed by atoms with E-state index < -0.39 is 10.0 Å². The number of hydrogen-bond acceptors (Lipinski definition) is 5. The highest BCUT2D eigenvalue weighted by Crippen LogP contribution is 2.25. The van der Waals surface area contributed by atoms with Crippen LogP contribution in [0.15, 0.2) is 23.1 Å². The van der Waals surface area contributed by atoms with E-state index in [-0.39, 0.29) is 6.54 Å². The maximum Gasteiger partial charge on any atom is 0.208 e. The Morgan fingerprint density at radius 3 is 2.67 bits per heavy atom. The lowest BCUT2D eigenvalue weighted by atomic mass is 10.2. The topological polar surface area (TPSA) is 82.0 Å². The van der Waals surface area contributed by atoms with Crippen LogP contribution in [0.2, 0.25) is 0 Å². The Bertz CT molecular complexity index is 550. The summed E-state index contributed by atoms with van der Waals surface area (Å²) < 4.78 is 24.1. The molecule has 0 spiro atoms. The zero-order valence-corrected chi connectivity index (χ0v) is 11.9. The third kappa shape index (κ3) is 4.56. The van der Waals surface area contributed by atoms with Crippen LogP contribution in [-0.2, 0) is 10.0 Å². The van der Waals surface area contributed by atoms with Gasteiger partial charge in [-0.25, -0.2) is 13.1 Å². The summed E-state index contributed by atoms with van der Waals surface area (Å²) in [4.78, 5) is 0.901. The van der Waals surface area contributed by atoms with Crippen LogP contribution in [0.1, 0.15) is 5.56 Å². The van der Waals surface area contributed by atoms with Gasteiger partial charge in [-0.1, -0.05) is 6.07 Å². The van der Waals surface area contributed by atoms with Crippen molar-refractivity contribution in [2.24, 2.45) is 0 Å².